The van der Waals surface area contributed by atoms with Crippen LogP contribution in [0.25, 0.3) is 27.6 Å². The van der Waals surface area contributed by atoms with Crippen LogP contribution in [-0.4, -0.2) is 39.9 Å². The van der Waals surface area contributed by atoms with Gasteiger partial charge in [0.05, 0.1) is 24.8 Å². The van der Waals surface area contributed by atoms with Crippen LogP contribution in [0.3, 0.4) is 0 Å². The molecule has 0 fully saturated rings. The largest absolute Gasteiger partial charge is 0.493 e. The fourth-order valence-electron chi connectivity index (χ4n) is 3.44. The van der Waals surface area contributed by atoms with Crippen molar-refractivity contribution in [2.24, 2.45) is 0 Å². The molecule has 5 rings (SSSR count). The van der Waals surface area contributed by atoms with Crippen molar-refractivity contribution in [2.45, 2.75) is 0 Å². The second-order valence-electron chi connectivity index (χ2n) is 7.09. The number of rotatable bonds is 6. The van der Waals surface area contributed by atoms with Gasteiger partial charge in [0.1, 0.15) is 0 Å². The van der Waals surface area contributed by atoms with Crippen molar-refractivity contribution in [3.63, 3.8) is 0 Å². The van der Waals surface area contributed by atoms with Crippen molar-refractivity contribution in [1.82, 2.24) is 19.8 Å². The molecule has 0 aliphatic heterocycles. The molecule has 0 radical (unpaired) electrons. The van der Waals surface area contributed by atoms with E-state index in [1.807, 2.05) is 53.9 Å². The molecule has 1 N–H and O–H groups in total. The molecule has 0 saturated heterocycles. The molecule has 0 aliphatic rings. The number of carbonyl (C=O) groups excluding carboxylic acids is 1. The van der Waals surface area contributed by atoms with Crippen LogP contribution in [0.15, 0.2) is 72.1 Å². The number of ether oxygens (including phenoxy) is 2. The Morgan fingerprint density at radius 1 is 0.939 bits per heavy atom. The van der Waals surface area contributed by atoms with E-state index < -0.39 is 0 Å². The quantitative estimate of drug-likeness (QED) is 0.394. The lowest BCUT2D eigenvalue weighted by molar-refractivity contribution is 0.102. The molecule has 0 aliphatic carbocycles. The number of nitrogens with zero attached hydrogens (tertiary/aromatic N) is 4. The van der Waals surface area contributed by atoms with E-state index >= 15 is 0 Å². The first kappa shape index (κ1) is 20.7. The second kappa shape index (κ2) is 8.71. The summed E-state index contributed by atoms with van der Waals surface area (Å²) in [5.74, 6) is 1.50. The third-order valence-electron chi connectivity index (χ3n) is 5.07. The van der Waals surface area contributed by atoms with E-state index in [2.05, 4.69) is 15.5 Å². The second-order valence-corrected chi connectivity index (χ2v) is 8.04. The molecule has 0 bridgehead atoms. The Morgan fingerprint density at radius 3 is 2.61 bits per heavy atom. The van der Waals surface area contributed by atoms with Gasteiger partial charge in [-0.1, -0.05) is 18.2 Å². The maximum Gasteiger partial charge on any atom is 0.255 e. The Labute approximate surface area is 193 Å². The van der Waals surface area contributed by atoms with Gasteiger partial charge in [-0.3, -0.25) is 4.79 Å². The van der Waals surface area contributed by atoms with Crippen LogP contribution in [0, 0.1) is 0 Å². The van der Waals surface area contributed by atoms with Gasteiger partial charge in [0.15, 0.2) is 23.0 Å². The summed E-state index contributed by atoms with van der Waals surface area (Å²) in [6.45, 7) is 0. The zero-order chi connectivity index (χ0) is 22.8. The molecule has 3 aromatic heterocycles. The summed E-state index contributed by atoms with van der Waals surface area (Å²) in [6.07, 6.45) is 0. The van der Waals surface area contributed by atoms with Crippen molar-refractivity contribution < 1.29 is 14.3 Å². The molecule has 0 atom stereocenters. The van der Waals surface area contributed by atoms with Gasteiger partial charge >= 0.3 is 0 Å². The van der Waals surface area contributed by atoms with Crippen molar-refractivity contribution in [3.05, 3.63) is 77.7 Å². The number of thiophene rings is 1. The van der Waals surface area contributed by atoms with Crippen LogP contribution in [0.1, 0.15) is 10.4 Å². The van der Waals surface area contributed by atoms with Gasteiger partial charge in [-0.05, 0) is 53.9 Å². The lowest BCUT2D eigenvalue weighted by atomic mass is 10.1. The van der Waals surface area contributed by atoms with E-state index in [4.69, 9.17) is 14.6 Å². The smallest absolute Gasteiger partial charge is 0.255 e. The molecule has 0 unspecified atom stereocenters. The third-order valence-corrected chi connectivity index (χ3v) is 5.93. The van der Waals surface area contributed by atoms with E-state index in [1.165, 1.54) is 7.11 Å². The fourth-order valence-corrected chi connectivity index (χ4v) is 4.13. The summed E-state index contributed by atoms with van der Waals surface area (Å²) in [7, 11) is 3.09. The number of amides is 1. The molecule has 0 spiro atoms. The third kappa shape index (κ3) is 4.01. The van der Waals surface area contributed by atoms with Crippen LogP contribution >= 0.6 is 11.3 Å². The van der Waals surface area contributed by atoms with Gasteiger partial charge in [-0.15, -0.1) is 21.5 Å². The lowest BCUT2D eigenvalue weighted by Gasteiger charge is -2.11. The van der Waals surface area contributed by atoms with E-state index in [-0.39, 0.29) is 5.91 Å². The van der Waals surface area contributed by atoms with E-state index in [0.29, 0.717) is 34.2 Å². The molecular weight excluding hydrogens is 438 g/mol. The summed E-state index contributed by atoms with van der Waals surface area (Å²) in [6, 6.07) is 20.3. The molecule has 164 valence electrons. The number of methoxy groups -OCH3 is 2. The molecule has 8 nitrogen and oxygen atoms in total. The van der Waals surface area contributed by atoms with Crippen LogP contribution in [0.2, 0.25) is 0 Å². The number of hydrogen-bond acceptors (Lipinski definition) is 7. The summed E-state index contributed by atoms with van der Waals surface area (Å²) >= 11 is 1.58. The first-order valence-corrected chi connectivity index (χ1v) is 10.9. The molecule has 1 amide bonds. The van der Waals surface area contributed by atoms with Gasteiger partial charge < -0.3 is 14.8 Å². The minimum Gasteiger partial charge on any atom is -0.493 e. The molecule has 9 heteroatoms. The maximum atomic E-state index is 12.8. The highest BCUT2D eigenvalue weighted by Crippen LogP contribution is 2.29. The number of hydrogen-bond donors (Lipinski definition) is 1. The number of nitrogens with one attached hydrogen (secondary N) is 1. The van der Waals surface area contributed by atoms with Crippen LogP contribution in [0.4, 0.5) is 5.69 Å². The number of anilines is 1. The number of carbonyl (C=O) groups is 1. The molecule has 2 aromatic carbocycles. The van der Waals surface area contributed by atoms with Gasteiger partial charge in [0.25, 0.3) is 5.91 Å². The van der Waals surface area contributed by atoms with E-state index in [0.717, 1.165) is 16.1 Å². The topological polar surface area (TPSA) is 90.6 Å². The maximum absolute atomic E-state index is 12.8. The summed E-state index contributed by atoms with van der Waals surface area (Å²) < 4.78 is 12.3. The number of aromatic nitrogens is 4. The summed E-state index contributed by atoms with van der Waals surface area (Å²) in [5.41, 5.74) is 3.37. The summed E-state index contributed by atoms with van der Waals surface area (Å²) in [5, 5.41) is 18.1. The van der Waals surface area contributed by atoms with Crippen molar-refractivity contribution >= 4 is 28.6 Å². The van der Waals surface area contributed by atoms with Crippen LogP contribution in [-0.2, 0) is 0 Å². The predicted molar refractivity (Wildman–Crippen MR) is 127 cm³/mol. The van der Waals surface area contributed by atoms with Gasteiger partial charge in [-0.2, -0.15) is 9.61 Å². The molecule has 5 aromatic rings. The summed E-state index contributed by atoms with van der Waals surface area (Å²) in [4.78, 5) is 13.8. The monoisotopic (exact) mass is 457 g/mol. The number of fused-ring (bicyclic) bond motifs is 1. The lowest BCUT2D eigenvalue weighted by Crippen LogP contribution is -2.12. The SMILES string of the molecule is COc1ccc(C(=O)Nc2cccc(-c3ccc4nnc(-c5cccs5)n4n3)c2)cc1OC. The predicted octanol–water partition coefficient (Wildman–Crippen LogP) is 4.79. The first-order chi connectivity index (χ1) is 16.2. The zero-order valence-electron chi connectivity index (χ0n) is 17.9. The number of benzene rings is 2. The normalized spacial score (nSPS) is 10.8. The fraction of sp³-hybridized carbons (Fsp3) is 0.0833. The molecule has 0 saturated carbocycles. The Balaban J connectivity index is 1.43. The van der Waals surface area contributed by atoms with Gasteiger partial charge in [-0.25, -0.2) is 0 Å². The Hall–Kier alpha value is -4.24. The van der Waals surface area contributed by atoms with Gasteiger partial charge in [0, 0.05) is 16.8 Å². The average molecular weight is 458 g/mol. The molecule has 3 heterocycles. The van der Waals surface area contributed by atoms with E-state index in [9.17, 15) is 4.79 Å². The van der Waals surface area contributed by atoms with Crippen molar-refractivity contribution in [2.75, 3.05) is 19.5 Å². The molecular formula is C24H19N5O3S. The highest BCUT2D eigenvalue weighted by Gasteiger charge is 2.14. The van der Waals surface area contributed by atoms with Gasteiger partial charge in [0.2, 0.25) is 0 Å². The minimum absolute atomic E-state index is 0.254. The zero-order valence-corrected chi connectivity index (χ0v) is 18.7. The van der Waals surface area contributed by atoms with Crippen LogP contribution < -0.4 is 14.8 Å². The van der Waals surface area contributed by atoms with Crippen molar-refractivity contribution in [3.8, 4) is 33.5 Å². The Kier molecular flexibility index (Phi) is 5.45. The standard InChI is InChI=1S/C24H19N5O3S/c1-31-19-10-8-16(14-20(19)32-2)24(30)25-17-6-3-5-15(13-17)18-9-11-22-26-27-23(29(22)28-18)21-7-4-12-33-21/h3-14H,1-2H3,(H,25,30). The average Bonchev–Trinajstić information content (AvgIpc) is 3.53. The first-order valence-electron chi connectivity index (χ1n) is 10.1. The molecule has 33 heavy (non-hydrogen) atoms. The van der Waals surface area contributed by atoms with Crippen LogP contribution in [0.5, 0.6) is 11.5 Å². The minimum atomic E-state index is -0.254. The Morgan fingerprint density at radius 2 is 1.82 bits per heavy atom. The van der Waals surface area contributed by atoms with E-state index in [1.54, 1.807) is 41.2 Å². The highest BCUT2D eigenvalue weighted by atomic mass is 32.1. The van der Waals surface area contributed by atoms with Crippen molar-refractivity contribution in [1.29, 1.82) is 0 Å². The highest BCUT2D eigenvalue weighted by molar-refractivity contribution is 7.13. The Bertz CT molecular complexity index is 1450.